The van der Waals surface area contributed by atoms with Crippen LogP contribution in [-0.4, -0.2) is 30.6 Å². The molecule has 0 bridgehead atoms. The summed E-state index contributed by atoms with van der Waals surface area (Å²) in [5, 5.41) is 12.2. The standard InChI is InChI=1S/C15H22N4/c1-12(19-8-2-3-9-19)11-18-14-4-5-15(17)13(10-14)6-7-16/h4-5,10,12,18H,2-3,6,8-9,11,17H2,1H3. The van der Waals surface area contributed by atoms with Crippen LogP contribution in [0, 0.1) is 11.3 Å². The molecule has 1 aliphatic heterocycles. The molecule has 0 aliphatic carbocycles. The summed E-state index contributed by atoms with van der Waals surface area (Å²) in [5.41, 5.74) is 8.49. The minimum atomic E-state index is 0.364. The van der Waals surface area contributed by atoms with E-state index >= 15 is 0 Å². The fourth-order valence-electron chi connectivity index (χ4n) is 2.53. The predicted octanol–water partition coefficient (Wildman–Crippen LogP) is 2.23. The Bertz CT molecular complexity index is 458. The van der Waals surface area contributed by atoms with Gasteiger partial charge in [0.1, 0.15) is 0 Å². The first-order valence-corrected chi connectivity index (χ1v) is 6.94. The fourth-order valence-corrected chi connectivity index (χ4v) is 2.53. The molecule has 1 unspecified atom stereocenters. The normalized spacial score (nSPS) is 17.1. The summed E-state index contributed by atoms with van der Waals surface area (Å²) in [7, 11) is 0. The first-order valence-electron chi connectivity index (χ1n) is 6.94. The zero-order valence-corrected chi connectivity index (χ0v) is 11.5. The predicted molar refractivity (Wildman–Crippen MR) is 78.9 cm³/mol. The van der Waals surface area contributed by atoms with E-state index in [9.17, 15) is 0 Å². The lowest BCUT2D eigenvalue weighted by atomic mass is 10.1. The van der Waals surface area contributed by atoms with Crippen molar-refractivity contribution in [2.75, 3.05) is 30.7 Å². The Hall–Kier alpha value is -1.73. The third-order valence-electron chi connectivity index (χ3n) is 3.78. The molecule has 1 aromatic rings. The molecule has 1 heterocycles. The molecule has 1 atom stereocenters. The molecule has 0 amide bonds. The Morgan fingerprint density at radius 2 is 2.16 bits per heavy atom. The van der Waals surface area contributed by atoms with Crippen LogP contribution in [0.4, 0.5) is 11.4 Å². The largest absolute Gasteiger partial charge is 0.398 e. The maximum Gasteiger partial charge on any atom is 0.0670 e. The number of nitrogen functional groups attached to an aromatic ring is 1. The smallest absolute Gasteiger partial charge is 0.0670 e. The summed E-state index contributed by atoms with van der Waals surface area (Å²) in [4.78, 5) is 2.51. The van der Waals surface area contributed by atoms with Crippen molar-refractivity contribution >= 4 is 11.4 Å². The lowest BCUT2D eigenvalue weighted by Crippen LogP contribution is -2.35. The van der Waals surface area contributed by atoms with E-state index in [1.807, 2.05) is 18.2 Å². The third-order valence-corrected chi connectivity index (χ3v) is 3.78. The molecule has 0 radical (unpaired) electrons. The molecule has 1 fully saturated rings. The molecule has 1 aliphatic rings. The summed E-state index contributed by atoms with van der Waals surface area (Å²) in [6, 6.07) is 8.52. The summed E-state index contributed by atoms with van der Waals surface area (Å²) in [5.74, 6) is 0. The number of anilines is 2. The number of rotatable bonds is 5. The summed E-state index contributed by atoms with van der Waals surface area (Å²) in [6.07, 6.45) is 3.00. The van der Waals surface area contributed by atoms with Gasteiger partial charge in [0.05, 0.1) is 12.5 Å². The van der Waals surface area contributed by atoms with E-state index in [1.165, 1.54) is 25.9 Å². The Morgan fingerprint density at radius 3 is 2.84 bits per heavy atom. The average Bonchev–Trinajstić information content (AvgIpc) is 2.93. The van der Waals surface area contributed by atoms with Crippen molar-refractivity contribution in [2.24, 2.45) is 0 Å². The maximum atomic E-state index is 8.76. The maximum absolute atomic E-state index is 8.76. The van der Waals surface area contributed by atoms with Crippen LogP contribution in [-0.2, 0) is 6.42 Å². The number of benzene rings is 1. The van der Waals surface area contributed by atoms with E-state index in [2.05, 4.69) is 23.2 Å². The van der Waals surface area contributed by atoms with Crippen molar-refractivity contribution in [3.8, 4) is 6.07 Å². The zero-order chi connectivity index (χ0) is 13.7. The van der Waals surface area contributed by atoms with Gasteiger partial charge in [0.15, 0.2) is 0 Å². The van der Waals surface area contributed by atoms with Crippen molar-refractivity contribution in [3.05, 3.63) is 23.8 Å². The molecule has 1 aromatic carbocycles. The van der Waals surface area contributed by atoms with Gasteiger partial charge in [0.25, 0.3) is 0 Å². The first-order chi connectivity index (χ1) is 9.20. The fraction of sp³-hybridized carbons (Fsp3) is 0.533. The number of nitrogens with two attached hydrogens (primary N) is 1. The quantitative estimate of drug-likeness (QED) is 0.795. The van der Waals surface area contributed by atoms with Crippen molar-refractivity contribution in [3.63, 3.8) is 0 Å². The Kier molecular flexibility index (Phi) is 4.64. The second-order valence-electron chi connectivity index (χ2n) is 5.22. The number of likely N-dealkylation sites (tertiary alicyclic amines) is 1. The molecular weight excluding hydrogens is 236 g/mol. The highest BCUT2D eigenvalue weighted by atomic mass is 15.2. The van der Waals surface area contributed by atoms with Crippen LogP contribution in [0.5, 0.6) is 0 Å². The van der Waals surface area contributed by atoms with Crippen LogP contribution >= 0.6 is 0 Å². The van der Waals surface area contributed by atoms with Crippen molar-refractivity contribution < 1.29 is 0 Å². The topological polar surface area (TPSA) is 65.1 Å². The molecule has 2 rings (SSSR count). The van der Waals surface area contributed by atoms with Gasteiger partial charge in [-0.05, 0) is 56.6 Å². The summed E-state index contributed by atoms with van der Waals surface area (Å²) >= 11 is 0. The van der Waals surface area contributed by atoms with E-state index in [-0.39, 0.29) is 0 Å². The van der Waals surface area contributed by atoms with E-state index in [1.54, 1.807) is 0 Å². The summed E-state index contributed by atoms with van der Waals surface area (Å²) < 4.78 is 0. The molecule has 0 saturated carbocycles. The van der Waals surface area contributed by atoms with Gasteiger partial charge >= 0.3 is 0 Å². The molecule has 19 heavy (non-hydrogen) atoms. The number of hydrogen-bond acceptors (Lipinski definition) is 4. The van der Waals surface area contributed by atoms with Gasteiger partial charge in [-0.1, -0.05) is 0 Å². The molecule has 0 spiro atoms. The summed E-state index contributed by atoms with van der Waals surface area (Å²) in [6.45, 7) is 5.61. The monoisotopic (exact) mass is 258 g/mol. The van der Waals surface area contributed by atoms with Crippen molar-refractivity contribution in [1.29, 1.82) is 5.26 Å². The van der Waals surface area contributed by atoms with E-state index < -0.39 is 0 Å². The second-order valence-corrected chi connectivity index (χ2v) is 5.22. The molecule has 4 heteroatoms. The van der Waals surface area contributed by atoms with Gasteiger partial charge in [-0.25, -0.2) is 0 Å². The van der Waals surface area contributed by atoms with Crippen LogP contribution in [0.25, 0.3) is 0 Å². The number of nitrogens with one attached hydrogen (secondary N) is 1. The third kappa shape index (κ3) is 3.62. The van der Waals surface area contributed by atoms with Crippen molar-refractivity contribution in [2.45, 2.75) is 32.2 Å². The van der Waals surface area contributed by atoms with E-state index in [0.717, 1.165) is 17.8 Å². The van der Waals surface area contributed by atoms with Crippen LogP contribution in [0.1, 0.15) is 25.3 Å². The van der Waals surface area contributed by atoms with E-state index in [4.69, 9.17) is 11.0 Å². The minimum Gasteiger partial charge on any atom is -0.398 e. The Morgan fingerprint density at radius 1 is 1.42 bits per heavy atom. The van der Waals surface area contributed by atoms with Crippen LogP contribution in [0.3, 0.4) is 0 Å². The zero-order valence-electron chi connectivity index (χ0n) is 11.5. The van der Waals surface area contributed by atoms with Crippen molar-refractivity contribution in [1.82, 2.24) is 4.90 Å². The van der Waals surface area contributed by atoms with Crippen LogP contribution in [0.2, 0.25) is 0 Å². The van der Waals surface area contributed by atoms with Gasteiger partial charge in [0, 0.05) is 24.0 Å². The highest BCUT2D eigenvalue weighted by Crippen LogP contribution is 2.19. The second kappa shape index (κ2) is 6.44. The number of nitriles is 1. The highest BCUT2D eigenvalue weighted by molar-refractivity contribution is 5.58. The van der Waals surface area contributed by atoms with Gasteiger partial charge in [-0.2, -0.15) is 5.26 Å². The molecule has 4 nitrogen and oxygen atoms in total. The number of nitrogens with zero attached hydrogens (tertiary/aromatic N) is 2. The molecule has 3 N–H and O–H groups in total. The SMILES string of the molecule is CC(CNc1ccc(N)c(CC#N)c1)N1CCCC1. The van der Waals surface area contributed by atoms with E-state index in [0.29, 0.717) is 18.2 Å². The Balaban J connectivity index is 1.92. The van der Waals surface area contributed by atoms with Crippen LogP contribution < -0.4 is 11.1 Å². The molecular formula is C15H22N4. The lowest BCUT2D eigenvalue weighted by Gasteiger charge is -2.24. The Labute approximate surface area is 115 Å². The lowest BCUT2D eigenvalue weighted by molar-refractivity contribution is 0.269. The first kappa shape index (κ1) is 13.7. The minimum absolute atomic E-state index is 0.364. The van der Waals surface area contributed by atoms with Crippen LogP contribution in [0.15, 0.2) is 18.2 Å². The molecule has 1 saturated heterocycles. The van der Waals surface area contributed by atoms with Gasteiger partial charge < -0.3 is 11.1 Å². The van der Waals surface area contributed by atoms with Gasteiger partial charge in [-0.3, -0.25) is 4.90 Å². The number of hydrogen-bond donors (Lipinski definition) is 2. The van der Waals surface area contributed by atoms with Gasteiger partial charge in [-0.15, -0.1) is 0 Å². The molecule has 102 valence electrons. The highest BCUT2D eigenvalue weighted by Gasteiger charge is 2.17. The van der Waals surface area contributed by atoms with Gasteiger partial charge in [0.2, 0.25) is 0 Å². The average molecular weight is 258 g/mol. The molecule has 0 aromatic heterocycles.